The quantitative estimate of drug-likeness (QED) is 0.568. The number of nitrogens with one attached hydrogen (secondary N) is 1. The number of benzene rings is 1. The largest absolute Gasteiger partial charge is 0.546 e. The Morgan fingerprint density at radius 1 is 1.29 bits per heavy atom. The van der Waals surface area contributed by atoms with Gasteiger partial charge in [0.25, 0.3) is 5.91 Å². The van der Waals surface area contributed by atoms with Crippen molar-refractivity contribution in [2.75, 3.05) is 0 Å². The zero-order chi connectivity index (χ0) is 10.6. The van der Waals surface area contributed by atoms with Gasteiger partial charge in [0.1, 0.15) is 6.17 Å². The zero-order valence-electron chi connectivity index (χ0n) is 7.27. The Balaban J connectivity index is 2.64. The summed E-state index contributed by atoms with van der Waals surface area (Å²) in [7, 11) is 0. The molecule has 5 heteroatoms. The minimum atomic E-state index is -1.52. The fourth-order valence-corrected chi connectivity index (χ4v) is 0.873. The summed E-state index contributed by atoms with van der Waals surface area (Å²) in [4.78, 5) is 21.5. The molecule has 0 aliphatic carbocycles. The van der Waals surface area contributed by atoms with Crippen LogP contribution in [0.15, 0.2) is 30.3 Å². The molecule has 0 bridgehead atoms. The summed E-state index contributed by atoms with van der Waals surface area (Å²) >= 11 is 0. The highest BCUT2D eigenvalue weighted by Crippen LogP contribution is 1.97. The first-order valence-electron chi connectivity index (χ1n) is 3.93. The molecule has 1 amide bonds. The molecule has 0 aliphatic rings. The molecule has 0 radical (unpaired) electrons. The Morgan fingerprint density at radius 3 is 2.36 bits per heavy atom. The molecule has 1 rings (SSSR count). The molecule has 1 aromatic rings. The van der Waals surface area contributed by atoms with Gasteiger partial charge in [-0.1, -0.05) is 18.2 Å². The Labute approximate surface area is 80.5 Å². The van der Waals surface area contributed by atoms with Crippen LogP contribution in [0.4, 0.5) is 0 Å². The first-order valence-corrected chi connectivity index (χ1v) is 3.93. The number of aliphatic carboxylic acids is 1. The van der Waals surface area contributed by atoms with E-state index < -0.39 is 18.0 Å². The van der Waals surface area contributed by atoms with Gasteiger partial charge in [0.15, 0.2) is 0 Å². The average molecular weight is 193 g/mol. The lowest BCUT2D eigenvalue weighted by molar-refractivity contribution is -0.308. The number of rotatable bonds is 3. The van der Waals surface area contributed by atoms with Crippen LogP contribution in [0.3, 0.4) is 0 Å². The van der Waals surface area contributed by atoms with Gasteiger partial charge in [-0.2, -0.15) is 0 Å². The molecule has 0 heterocycles. The summed E-state index contributed by atoms with van der Waals surface area (Å²) < 4.78 is 0. The molecule has 74 valence electrons. The summed E-state index contributed by atoms with van der Waals surface area (Å²) in [5.41, 5.74) is 5.41. The Hall–Kier alpha value is -1.88. The lowest BCUT2D eigenvalue weighted by Gasteiger charge is -2.14. The molecule has 0 aliphatic heterocycles. The Morgan fingerprint density at radius 2 is 1.86 bits per heavy atom. The third-order valence-electron chi connectivity index (χ3n) is 1.58. The molecular formula is C9H9N2O3-. The predicted octanol–water partition coefficient (Wildman–Crippen LogP) is -1.55. The maximum absolute atomic E-state index is 11.3. The summed E-state index contributed by atoms with van der Waals surface area (Å²) in [5.74, 6) is -2.06. The zero-order valence-corrected chi connectivity index (χ0v) is 7.27. The molecule has 0 saturated carbocycles. The van der Waals surface area contributed by atoms with E-state index in [-0.39, 0.29) is 0 Å². The van der Waals surface area contributed by atoms with Gasteiger partial charge in [-0.25, -0.2) is 0 Å². The lowest BCUT2D eigenvalue weighted by Crippen LogP contribution is -2.53. The molecule has 14 heavy (non-hydrogen) atoms. The summed E-state index contributed by atoms with van der Waals surface area (Å²) in [6, 6.07) is 8.18. The first-order chi connectivity index (χ1) is 6.61. The summed E-state index contributed by atoms with van der Waals surface area (Å²) in [5, 5.41) is 12.3. The standard InChI is InChI=1S/C9H10N2O3/c10-7(9(13)14)11-8(12)6-4-2-1-3-5-6/h1-5,7H,10H2,(H,11,12)(H,13,14)/p-1. The molecule has 1 atom stereocenters. The Kier molecular flexibility index (Phi) is 3.19. The molecule has 0 fully saturated rings. The molecule has 0 spiro atoms. The predicted molar refractivity (Wildman–Crippen MR) is 46.9 cm³/mol. The van der Waals surface area contributed by atoms with Crippen molar-refractivity contribution in [2.45, 2.75) is 6.17 Å². The monoisotopic (exact) mass is 193 g/mol. The van der Waals surface area contributed by atoms with Crippen molar-refractivity contribution in [3.63, 3.8) is 0 Å². The normalized spacial score (nSPS) is 11.8. The highest BCUT2D eigenvalue weighted by atomic mass is 16.4. The number of carbonyl (C=O) groups excluding carboxylic acids is 2. The van der Waals surface area contributed by atoms with Crippen LogP contribution in [-0.4, -0.2) is 18.0 Å². The fraction of sp³-hybridized carbons (Fsp3) is 0.111. The van der Waals surface area contributed by atoms with E-state index >= 15 is 0 Å². The minimum Gasteiger partial charge on any atom is -0.546 e. The van der Waals surface area contributed by atoms with Gasteiger partial charge < -0.3 is 21.0 Å². The molecule has 1 unspecified atom stereocenters. The number of nitrogens with two attached hydrogens (primary N) is 1. The van der Waals surface area contributed by atoms with Crippen LogP contribution in [0, 0.1) is 0 Å². The minimum absolute atomic E-state index is 0.351. The van der Waals surface area contributed by atoms with Crippen molar-refractivity contribution in [3.8, 4) is 0 Å². The number of carbonyl (C=O) groups is 2. The second-order valence-electron chi connectivity index (χ2n) is 2.64. The second kappa shape index (κ2) is 4.38. The van der Waals surface area contributed by atoms with Gasteiger partial charge in [-0.05, 0) is 12.1 Å². The second-order valence-corrected chi connectivity index (χ2v) is 2.64. The fourth-order valence-electron chi connectivity index (χ4n) is 0.873. The van der Waals surface area contributed by atoms with Crippen LogP contribution < -0.4 is 16.2 Å². The van der Waals surface area contributed by atoms with Crippen molar-refractivity contribution in [2.24, 2.45) is 5.73 Å². The maximum atomic E-state index is 11.3. The van der Waals surface area contributed by atoms with Crippen molar-refractivity contribution in [1.29, 1.82) is 0 Å². The molecule has 5 nitrogen and oxygen atoms in total. The number of hydrogen-bond acceptors (Lipinski definition) is 4. The van der Waals surface area contributed by atoms with Gasteiger partial charge in [0.2, 0.25) is 0 Å². The lowest BCUT2D eigenvalue weighted by atomic mass is 10.2. The smallest absolute Gasteiger partial charge is 0.252 e. The maximum Gasteiger partial charge on any atom is 0.252 e. The molecule has 1 aromatic carbocycles. The van der Waals surface area contributed by atoms with Gasteiger partial charge in [0.05, 0.1) is 5.97 Å². The Bertz CT molecular complexity index is 337. The van der Waals surface area contributed by atoms with Crippen LogP contribution in [0.25, 0.3) is 0 Å². The molecular weight excluding hydrogens is 184 g/mol. The molecule has 0 saturated heterocycles. The van der Waals surface area contributed by atoms with Crippen LogP contribution in [-0.2, 0) is 4.79 Å². The van der Waals surface area contributed by atoms with E-state index in [9.17, 15) is 14.7 Å². The van der Waals surface area contributed by atoms with Crippen LogP contribution in [0.5, 0.6) is 0 Å². The van der Waals surface area contributed by atoms with Gasteiger partial charge >= 0.3 is 0 Å². The van der Waals surface area contributed by atoms with Crippen molar-refractivity contribution >= 4 is 11.9 Å². The summed E-state index contributed by atoms with van der Waals surface area (Å²) in [6.07, 6.45) is -1.48. The van der Waals surface area contributed by atoms with Gasteiger partial charge in [0, 0.05) is 5.56 Å². The van der Waals surface area contributed by atoms with E-state index in [4.69, 9.17) is 5.73 Å². The van der Waals surface area contributed by atoms with Crippen molar-refractivity contribution < 1.29 is 14.7 Å². The third kappa shape index (κ3) is 2.56. The number of carboxylic acids is 1. The van der Waals surface area contributed by atoms with E-state index in [0.29, 0.717) is 5.56 Å². The highest BCUT2D eigenvalue weighted by molar-refractivity contribution is 5.96. The van der Waals surface area contributed by atoms with E-state index in [1.807, 2.05) is 0 Å². The topological polar surface area (TPSA) is 95.2 Å². The SMILES string of the molecule is NC(NC(=O)c1ccccc1)C(=O)[O-]. The van der Waals surface area contributed by atoms with Gasteiger partial charge in [-0.3, -0.25) is 4.79 Å². The van der Waals surface area contributed by atoms with E-state index in [0.717, 1.165) is 0 Å². The molecule has 3 N–H and O–H groups in total. The number of hydrogen-bond donors (Lipinski definition) is 2. The van der Waals surface area contributed by atoms with Gasteiger partial charge in [-0.15, -0.1) is 0 Å². The highest BCUT2D eigenvalue weighted by Gasteiger charge is 2.09. The number of carboxylic acid groups (broad SMARTS) is 1. The average Bonchev–Trinajstić information content (AvgIpc) is 2.19. The number of amides is 1. The first kappa shape index (κ1) is 10.2. The molecule has 0 aromatic heterocycles. The van der Waals surface area contributed by atoms with Crippen LogP contribution >= 0.6 is 0 Å². The third-order valence-corrected chi connectivity index (χ3v) is 1.58. The van der Waals surface area contributed by atoms with Crippen LogP contribution in [0.1, 0.15) is 10.4 Å². The van der Waals surface area contributed by atoms with E-state index in [1.165, 1.54) is 0 Å². The van der Waals surface area contributed by atoms with Crippen molar-refractivity contribution in [1.82, 2.24) is 5.32 Å². The van der Waals surface area contributed by atoms with Crippen LogP contribution in [0.2, 0.25) is 0 Å². The van der Waals surface area contributed by atoms with E-state index in [1.54, 1.807) is 30.3 Å². The van der Waals surface area contributed by atoms with Crippen molar-refractivity contribution in [3.05, 3.63) is 35.9 Å². The summed E-state index contributed by atoms with van der Waals surface area (Å²) in [6.45, 7) is 0. The van der Waals surface area contributed by atoms with E-state index in [2.05, 4.69) is 5.32 Å².